The van der Waals surface area contributed by atoms with Crippen molar-refractivity contribution < 1.29 is 4.79 Å². The van der Waals surface area contributed by atoms with Crippen LogP contribution in [0.25, 0.3) is 10.6 Å². The van der Waals surface area contributed by atoms with Gasteiger partial charge in [0.15, 0.2) is 0 Å². The van der Waals surface area contributed by atoms with Gasteiger partial charge in [0, 0.05) is 25.3 Å². The van der Waals surface area contributed by atoms with Gasteiger partial charge in [-0.25, -0.2) is 0 Å². The molecule has 0 radical (unpaired) electrons. The summed E-state index contributed by atoms with van der Waals surface area (Å²) in [5.41, 5.74) is 2.66. The molecule has 5 nitrogen and oxygen atoms in total. The lowest BCUT2D eigenvalue weighted by atomic mass is 10.0. The Bertz CT molecular complexity index is 888. The Balaban J connectivity index is 1.65. The Kier molecular flexibility index (Phi) is 5.36. The van der Waals surface area contributed by atoms with E-state index in [9.17, 15) is 4.79 Å². The zero-order valence-corrected chi connectivity index (χ0v) is 16.3. The van der Waals surface area contributed by atoms with E-state index in [0.717, 1.165) is 36.5 Å². The largest absolute Gasteiger partial charge is 0.337 e. The molecule has 1 saturated heterocycles. The summed E-state index contributed by atoms with van der Waals surface area (Å²) in [4.78, 5) is 16.3. The Morgan fingerprint density at radius 3 is 2.85 bits per heavy atom. The van der Waals surface area contributed by atoms with Crippen LogP contribution < -0.4 is 5.32 Å². The number of hydrogen-bond acceptors (Lipinski definition) is 4. The molecule has 0 saturated carbocycles. The minimum absolute atomic E-state index is 0.0812. The number of likely N-dealkylation sites (tertiary alicyclic amines) is 1. The minimum Gasteiger partial charge on any atom is -0.337 e. The molecule has 1 fully saturated rings. The Morgan fingerprint density at radius 2 is 2.11 bits per heavy atom. The SMILES string of the molecule is CNC1CCCN(C(=O)c2cn(Cc3ccccc3)nc2-c2cccs2)C1. The van der Waals surface area contributed by atoms with Gasteiger partial charge >= 0.3 is 0 Å². The second-order valence-corrected chi connectivity index (χ2v) is 7.88. The fourth-order valence-electron chi connectivity index (χ4n) is 3.59. The fraction of sp³-hybridized carbons (Fsp3) is 0.333. The number of aromatic nitrogens is 2. The number of nitrogens with one attached hydrogen (secondary N) is 1. The highest BCUT2D eigenvalue weighted by atomic mass is 32.1. The minimum atomic E-state index is 0.0812. The first-order chi connectivity index (χ1) is 13.2. The number of benzene rings is 1. The summed E-state index contributed by atoms with van der Waals surface area (Å²) in [5.74, 6) is 0.0812. The lowest BCUT2D eigenvalue weighted by Gasteiger charge is -2.32. The smallest absolute Gasteiger partial charge is 0.257 e. The van der Waals surface area contributed by atoms with Crippen LogP contribution in [0.1, 0.15) is 28.8 Å². The number of thiophene rings is 1. The maximum atomic E-state index is 13.3. The molecule has 27 heavy (non-hydrogen) atoms. The highest BCUT2D eigenvalue weighted by Crippen LogP contribution is 2.28. The zero-order chi connectivity index (χ0) is 18.6. The molecule has 2 aromatic heterocycles. The molecule has 0 spiro atoms. The van der Waals surface area contributed by atoms with Crippen molar-refractivity contribution in [2.24, 2.45) is 0 Å². The monoisotopic (exact) mass is 380 g/mol. The van der Waals surface area contributed by atoms with Crippen LogP contribution in [0.15, 0.2) is 54.0 Å². The van der Waals surface area contributed by atoms with Crippen LogP contribution in [0.3, 0.4) is 0 Å². The first-order valence-corrected chi connectivity index (χ1v) is 10.2. The summed E-state index contributed by atoms with van der Waals surface area (Å²) in [7, 11) is 1.97. The van der Waals surface area contributed by atoms with Gasteiger partial charge in [0.1, 0.15) is 5.69 Å². The number of amides is 1. The number of likely N-dealkylation sites (N-methyl/N-ethyl adjacent to an activating group) is 1. The van der Waals surface area contributed by atoms with Crippen molar-refractivity contribution in [2.45, 2.75) is 25.4 Å². The maximum absolute atomic E-state index is 13.3. The van der Waals surface area contributed by atoms with Gasteiger partial charge in [0.25, 0.3) is 5.91 Å². The topological polar surface area (TPSA) is 50.2 Å². The predicted molar refractivity (Wildman–Crippen MR) is 109 cm³/mol. The van der Waals surface area contributed by atoms with E-state index < -0.39 is 0 Å². The highest BCUT2D eigenvalue weighted by molar-refractivity contribution is 7.13. The normalized spacial score (nSPS) is 17.2. The average Bonchev–Trinajstić information content (AvgIpc) is 3.38. The van der Waals surface area contributed by atoms with Crippen molar-refractivity contribution >= 4 is 17.2 Å². The van der Waals surface area contributed by atoms with Gasteiger partial charge in [-0.05, 0) is 36.9 Å². The number of piperidine rings is 1. The molecule has 3 aromatic rings. The first-order valence-electron chi connectivity index (χ1n) is 9.36. The molecular weight excluding hydrogens is 356 g/mol. The van der Waals surface area contributed by atoms with Crippen molar-refractivity contribution in [3.8, 4) is 10.6 Å². The Morgan fingerprint density at radius 1 is 1.26 bits per heavy atom. The quantitative estimate of drug-likeness (QED) is 0.737. The summed E-state index contributed by atoms with van der Waals surface area (Å²) in [6.45, 7) is 2.22. The molecule has 0 aliphatic carbocycles. The van der Waals surface area contributed by atoms with E-state index in [0.29, 0.717) is 18.2 Å². The summed E-state index contributed by atoms with van der Waals surface area (Å²) in [5, 5.41) is 10.1. The van der Waals surface area contributed by atoms with E-state index in [-0.39, 0.29) is 5.91 Å². The predicted octanol–water partition coefficient (Wildman–Crippen LogP) is 3.48. The number of nitrogens with zero attached hydrogens (tertiary/aromatic N) is 3. The van der Waals surface area contributed by atoms with Crippen LogP contribution in [0.4, 0.5) is 0 Å². The van der Waals surface area contributed by atoms with E-state index in [1.54, 1.807) is 11.3 Å². The number of carbonyl (C=O) groups is 1. The number of rotatable bonds is 5. The molecule has 3 heterocycles. The molecule has 4 rings (SSSR count). The Hall–Kier alpha value is -2.44. The van der Waals surface area contributed by atoms with Crippen molar-refractivity contribution in [1.29, 1.82) is 0 Å². The summed E-state index contributed by atoms with van der Waals surface area (Å²) < 4.78 is 1.89. The number of carbonyl (C=O) groups excluding carboxylic acids is 1. The summed E-state index contributed by atoms with van der Waals surface area (Å²) in [6.07, 6.45) is 4.06. The van der Waals surface area contributed by atoms with Crippen LogP contribution in [0.2, 0.25) is 0 Å². The van der Waals surface area contributed by atoms with Gasteiger partial charge in [0.2, 0.25) is 0 Å². The lowest BCUT2D eigenvalue weighted by Crippen LogP contribution is -2.47. The third-order valence-corrected chi connectivity index (χ3v) is 5.93. The molecule has 1 aromatic carbocycles. The van der Waals surface area contributed by atoms with Crippen molar-refractivity contribution in [3.05, 3.63) is 65.2 Å². The standard InChI is InChI=1S/C21H24N4OS/c1-22-17-9-5-11-24(14-17)21(26)18-15-25(13-16-7-3-2-4-8-16)23-20(18)19-10-6-12-27-19/h2-4,6-8,10,12,15,17,22H,5,9,11,13-14H2,1H3. The van der Waals surface area contributed by atoms with Gasteiger partial charge in [-0.1, -0.05) is 36.4 Å². The van der Waals surface area contributed by atoms with Crippen LogP contribution in [-0.2, 0) is 6.54 Å². The molecule has 1 atom stereocenters. The van der Waals surface area contributed by atoms with E-state index >= 15 is 0 Å². The van der Waals surface area contributed by atoms with Gasteiger partial charge < -0.3 is 10.2 Å². The van der Waals surface area contributed by atoms with Crippen molar-refractivity contribution in [3.63, 3.8) is 0 Å². The van der Waals surface area contributed by atoms with E-state index in [2.05, 4.69) is 17.4 Å². The highest BCUT2D eigenvalue weighted by Gasteiger charge is 2.27. The molecule has 140 valence electrons. The first kappa shape index (κ1) is 17.9. The maximum Gasteiger partial charge on any atom is 0.257 e. The van der Waals surface area contributed by atoms with Crippen LogP contribution in [0.5, 0.6) is 0 Å². The molecule has 0 bridgehead atoms. The van der Waals surface area contributed by atoms with E-state index in [1.807, 2.05) is 58.5 Å². The van der Waals surface area contributed by atoms with Gasteiger partial charge in [0.05, 0.1) is 17.0 Å². The molecule has 1 amide bonds. The fourth-order valence-corrected chi connectivity index (χ4v) is 4.32. The summed E-state index contributed by atoms with van der Waals surface area (Å²) in [6, 6.07) is 14.6. The average molecular weight is 381 g/mol. The van der Waals surface area contributed by atoms with Crippen LogP contribution >= 0.6 is 11.3 Å². The molecule has 1 unspecified atom stereocenters. The second-order valence-electron chi connectivity index (χ2n) is 6.93. The van der Waals surface area contributed by atoms with Crippen molar-refractivity contribution in [1.82, 2.24) is 20.0 Å². The molecular formula is C21H24N4OS. The zero-order valence-electron chi connectivity index (χ0n) is 15.5. The summed E-state index contributed by atoms with van der Waals surface area (Å²) >= 11 is 1.62. The molecule has 1 aliphatic rings. The van der Waals surface area contributed by atoms with Crippen LogP contribution in [-0.4, -0.2) is 46.8 Å². The van der Waals surface area contributed by atoms with Crippen LogP contribution in [0, 0.1) is 0 Å². The molecule has 1 N–H and O–H groups in total. The second kappa shape index (κ2) is 8.06. The van der Waals surface area contributed by atoms with Crippen molar-refractivity contribution in [2.75, 3.05) is 20.1 Å². The number of hydrogen-bond donors (Lipinski definition) is 1. The van der Waals surface area contributed by atoms with E-state index in [4.69, 9.17) is 5.10 Å². The van der Waals surface area contributed by atoms with Gasteiger partial charge in [-0.2, -0.15) is 5.10 Å². The molecule has 6 heteroatoms. The Labute approximate surface area is 163 Å². The van der Waals surface area contributed by atoms with E-state index in [1.165, 1.54) is 5.56 Å². The molecule has 1 aliphatic heterocycles. The van der Waals surface area contributed by atoms with Gasteiger partial charge in [-0.15, -0.1) is 11.3 Å². The third kappa shape index (κ3) is 3.96. The van der Waals surface area contributed by atoms with Gasteiger partial charge in [-0.3, -0.25) is 9.48 Å². The lowest BCUT2D eigenvalue weighted by molar-refractivity contribution is 0.0699. The third-order valence-electron chi connectivity index (χ3n) is 5.05.